The van der Waals surface area contributed by atoms with Gasteiger partial charge in [-0.15, -0.1) is 0 Å². The van der Waals surface area contributed by atoms with Crippen molar-refractivity contribution in [2.24, 2.45) is 5.73 Å². The Morgan fingerprint density at radius 1 is 1.57 bits per heavy atom. The van der Waals surface area contributed by atoms with Crippen LogP contribution in [0.2, 0.25) is 0 Å². The van der Waals surface area contributed by atoms with Crippen LogP contribution in [0, 0.1) is 6.92 Å². The summed E-state index contributed by atoms with van der Waals surface area (Å²) in [5.41, 5.74) is 6.24. The smallest absolute Gasteiger partial charge is 0.323 e. The van der Waals surface area contributed by atoms with Crippen molar-refractivity contribution in [3.63, 3.8) is 0 Å². The topological polar surface area (TPSA) is 96.4 Å². The zero-order valence-corrected chi connectivity index (χ0v) is 7.71. The Bertz CT molecular complexity index is 341. The van der Waals surface area contributed by atoms with Crippen LogP contribution in [0.5, 0.6) is 0 Å². The van der Waals surface area contributed by atoms with Crippen molar-refractivity contribution < 1.29 is 15.0 Å². The van der Waals surface area contributed by atoms with Crippen LogP contribution < -0.4 is 5.73 Å². The Morgan fingerprint density at radius 3 is 2.71 bits per heavy atom. The van der Waals surface area contributed by atoms with Crippen LogP contribution in [0.4, 0.5) is 0 Å². The third kappa shape index (κ3) is 2.27. The van der Waals surface area contributed by atoms with Crippen molar-refractivity contribution in [2.45, 2.75) is 19.1 Å². The molecule has 0 spiro atoms. The van der Waals surface area contributed by atoms with Crippen molar-refractivity contribution in [2.75, 3.05) is 0 Å². The predicted molar refractivity (Wildman–Crippen MR) is 49.5 cm³/mol. The number of pyridine rings is 1. The van der Waals surface area contributed by atoms with Gasteiger partial charge in [-0.25, -0.2) is 0 Å². The number of aliphatic hydroxyl groups excluding tert-OH is 1. The van der Waals surface area contributed by atoms with Gasteiger partial charge in [-0.3, -0.25) is 9.78 Å². The highest BCUT2D eigenvalue weighted by atomic mass is 16.4. The molecule has 14 heavy (non-hydrogen) atoms. The summed E-state index contributed by atoms with van der Waals surface area (Å²) in [4.78, 5) is 14.5. The Balaban J connectivity index is 2.89. The summed E-state index contributed by atoms with van der Waals surface area (Å²) in [6.45, 7) is 1.75. The summed E-state index contributed by atoms with van der Waals surface area (Å²) in [6.07, 6.45) is -1.27. The quantitative estimate of drug-likeness (QED) is 0.624. The van der Waals surface area contributed by atoms with Gasteiger partial charge in [0.25, 0.3) is 0 Å². The Labute approximate surface area is 81.2 Å². The largest absolute Gasteiger partial charge is 0.480 e. The van der Waals surface area contributed by atoms with Gasteiger partial charge >= 0.3 is 5.97 Å². The molecule has 0 aliphatic rings. The van der Waals surface area contributed by atoms with Gasteiger partial charge in [-0.05, 0) is 19.1 Å². The minimum absolute atomic E-state index is 0.278. The van der Waals surface area contributed by atoms with E-state index in [9.17, 15) is 9.90 Å². The average molecular weight is 196 g/mol. The first kappa shape index (κ1) is 10.6. The van der Waals surface area contributed by atoms with Crippen molar-refractivity contribution in [1.29, 1.82) is 0 Å². The second kappa shape index (κ2) is 4.17. The van der Waals surface area contributed by atoms with E-state index in [4.69, 9.17) is 10.8 Å². The normalized spacial score (nSPS) is 14.8. The molecule has 5 nitrogen and oxygen atoms in total. The molecule has 0 aliphatic heterocycles. The van der Waals surface area contributed by atoms with E-state index in [1.807, 2.05) is 0 Å². The molecule has 0 aromatic carbocycles. The van der Waals surface area contributed by atoms with Crippen molar-refractivity contribution in [3.05, 3.63) is 29.6 Å². The summed E-state index contributed by atoms with van der Waals surface area (Å²) in [6, 6.07) is 3.64. The Kier molecular flexibility index (Phi) is 3.16. The molecule has 1 heterocycles. The maximum absolute atomic E-state index is 10.5. The molecule has 0 amide bonds. The number of carboxylic acids is 1. The van der Waals surface area contributed by atoms with E-state index in [1.165, 1.54) is 0 Å². The molecule has 2 unspecified atom stereocenters. The van der Waals surface area contributed by atoms with Crippen molar-refractivity contribution in [1.82, 2.24) is 4.98 Å². The number of nitrogens with two attached hydrogens (primary N) is 1. The number of hydrogen-bond donors (Lipinski definition) is 3. The fraction of sp³-hybridized carbons (Fsp3) is 0.333. The maximum Gasteiger partial charge on any atom is 0.323 e. The van der Waals surface area contributed by atoms with E-state index < -0.39 is 18.1 Å². The summed E-state index contributed by atoms with van der Waals surface area (Å²) >= 11 is 0. The second-order valence-corrected chi connectivity index (χ2v) is 3.01. The highest BCUT2D eigenvalue weighted by molar-refractivity contribution is 5.74. The number of carboxylic acid groups (broad SMARTS) is 1. The first-order chi connectivity index (χ1) is 6.52. The summed E-state index contributed by atoms with van der Waals surface area (Å²) < 4.78 is 0. The first-order valence-electron chi connectivity index (χ1n) is 4.12. The van der Waals surface area contributed by atoms with Crippen LogP contribution in [-0.2, 0) is 4.79 Å². The number of nitrogens with zero attached hydrogens (tertiary/aromatic N) is 1. The third-order valence-corrected chi connectivity index (χ3v) is 1.84. The van der Waals surface area contributed by atoms with E-state index in [0.717, 1.165) is 0 Å². The standard InChI is InChI=1S/C9H12N2O3/c1-5-3-2-4-6(11-5)8(12)7(10)9(13)14/h2-4,7-8,12H,10H2,1H3,(H,13,14). The van der Waals surface area contributed by atoms with Crippen molar-refractivity contribution in [3.8, 4) is 0 Å². The van der Waals surface area contributed by atoms with Crippen LogP contribution in [-0.4, -0.2) is 27.2 Å². The number of aliphatic hydroxyl groups is 1. The van der Waals surface area contributed by atoms with E-state index in [1.54, 1.807) is 25.1 Å². The molecule has 0 radical (unpaired) electrons. The minimum Gasteiger partial charge on any atom is -0.480 e. The zero-order valence-electron chi connectivity index (χ0n) is 7.71. The zero-order chi connectivity index (χ0) is 10.7. The molecule has 0 saturated carbocycles. The van der Waals surface area contributed by atoms with Crippen LogP contribution in [0.3, 0.4) is 0 Å². The summed E-state index contributed by atoms with van der Waals surface area (Å²) in [7, 11) is 0. The van der Waals surface area contributed by atoms with Crippen LogP contribution >= 0.6 is 0 Å². The maximum atomic E-state index is 10.5. The Morgan fingerprint density at radius 2 is 2.21 bits per heavy atom. The SMILES string of the molecule is Cc1cccc(C(O)C(N)C(=O)O)n1. The molecular formula is C9H12N2O3. The fourth-order valence-corrected chi connectivity index (χ4v) is 1.05. The first-order valence-corrected chi connectivity index (χ1v) is 4.12. The molecule has 1 aromatic heterocycles. The molecule has 0 fully saturated rings. The Hall–Kier alpha value is -1.46. The molecule has 5 heteroatoms. The average Bonchev–Trinajstić information content (AvgIpc) is 2.15. The van der Waals surface area contributed by atoms with Gasteiger partial charge in [0.1, 0.15) is 12.1 Å². The summed E-state index contributed by atoms with van der Waals surface area (Å²) in [5, 5.41) is 18.1. The lowest BCUT2D eigenvalue weighted by molar-refractivity contribution is -0.141. The van der Waals surface area contributed by atoms with Crippen molar-refractivity contribution >= 4 is 5.97 Å². The highest BCUT2D eigenvalue weighted by Crippen LogP contribution is 2.13. The van der Waals surface area contributed by atoms with Gasteiger partial charge in [0.2, 0.25) is 0 Å². The highest BCUT2D eigenvalue weighted by Gasteiger charge is 2.24. The lowest BCUT2D eigenvalue weighted by atomic mass is 10.1. The molecule has 1 aromatic rings. The van der Waals surface area contributed by atoms with Gasteiger partial charge in [0.15, 0.2) is 0 Å². The predicted octanol–water partition coefficient (Wildman–Crippen LogP) is -0.165. The van der Waals surface area contributed by atoms with Gasteiger partial charge in [-0.1, -0.05) is 6.07 Å². The molecule has 76 valence electrons. The molecular weight excluding hydrogens is 184 g/mol. The summed E-state index contributed by atoms with van der Waals surface area (Å²) in [5.74, 6) is -1.25. The lowest BCUT2D eigenvalue weighted by Crippen LogP contribution is -2.36. The lowest BCUT2D eigenvalue weighted by Gasteiger charge is -2.14. The molecule has 2 atom stereocenters. The van der Waals surface area contributed by atoms with Crippen LogP contribution in [0.15, 0.2) is 18.2 Å². The number of aryl methyl sites for hydroxylation is 1. The van der Waals surface area contributed by atoms with Gasteiger partial charge < -0.3 is 15.9 Å². The molecule has 1 rings (SSSR count). The number of aromatic nitrogens is 1. The van der Waals surface area contributed by atoms with Gasteiger partial charge in [0.05, 0.1) is 5.69 Å². The van der Waals surface area contributed by atoms with E-state index in [-0.39, 0.29) is 5.69 Å². The van der Waals surface area contributed by atoms with Crippen LogP contribution in [0.25, 0.3) is 0 Å². The van der Waals surface area contributed by atoms with E-state index in [2.05, 4.69) is 4.98 Å². The number of rotatable bonds is 3. The minimum atomic E-state index is -1.34. The third-order valence-electron chi connectivity index (χ3n) is 1.84. The number of aliphatic carboxylic acids is 1. The second-order valence-electron chi connectivity index (χ2n) is 3.01. The fourth-order valence-electron chi connectivity index (χ4n) is 1.05. The molecule has 0 aliphatic carbocycles. The number of carbonyl (C=O) groups is 1. The molecule has 4 N–H and O–H groups in total. The van der Waals surface area contributed by atoms with E-state index in [0.29, 0.717) is 5.69 Å². The monoisotopic (exact) mass is 196 g/mol. The van der Waals surface area contributed by atoms with E-state index >= 15 is 0 Å². The van der Waals surface area contributed by atoms with Crippen LogP contribution in [0.1, 0.15) is 17.5 Å². The van der Waals surface area contributed by atoms with Gasteiger partial charge in [-0.2, -0.15) is 0 Å². The molecule has 0 saturated heterocycles. The van der Waals surface area contributed by atoms with Gasteiger partial charge in [0, 0.05) is 5.69 Å². The molecule has 0 bridgehead atoms. The number of hydrogen-bond acceptors (Lipinski definition) is 4.